The molecule has 3 nitrogen and oxygen atoms in total. The van der Waals surface area contributed by atoms with Crippen LogP contribution >= 0.6 is 11.6 Å². The number of carbonyl (C=O) groups is 1. The van der Waals surface area contributed by atoms with Crippen molar-refractivity contribution >= 4 is 39.4 Å². The maximum atomic E-state index is 13.5. The van der Waals surface area contributed by atoms with Crippen LogP contribution in [-0.4, -0.2) is 5.78 Å². The van der Waals surface area contributed by atoms with Crippen molar-refractivity contribution in [1.82, 2.24) is 0 Å². The molecule has 0 spiro atoms. The average Bonchev–Trinajstić information content (AvgIpc) is 3.27. The summed E-state index contributed by atoms with van der Waals surface area (Å²) < 4.78 is 6.31. The number of carbonyl (C=O) groups excluding carboxylic acids is 1. The van der Waals surface area contributed by atoms with E-state index in [1.807, 2.05) is 36.4 Å². The summed E-state index contributed by atoms with van der Waals surface area (Å²) in [4.78, 5) is 13.5. The summed E-state index contributed by atoms with van der Waals surface area (Å²) in [5.41, 5.74) is 5.02. The minimum absolute atomic E-state index is 0.0822. The van der Waals surface area contributed by atoms with Gasteiger partial charge in [0, 0.05) is 33.8 Å². The van der Waals surface area contributed by atoms with E-state index < -0.39 is 0 Å². The van der Waals surface area contributed by atoms with Crippen molar-refractivity contribution in [3.8, 4) is 11.3 Å². The predicted octanol–water partition coefficient (Wildman–Crippen LogP) is 8.06. The lowest BCUT2D eigenvalue weighted by molar-refractivity contribution is -0.118. The van der Waals surface area contributed by atoms with Gasteiger partial charge in [0.15, 0.2) is 5.78 Å². The minimum atomic E-state index is -0.315. The number of ketones is 1. The van der Waals surface area contributed by atoms with Crippen LogP contribution < -0.4 is 5.32 Å². The molecule has 0 amide bonds. The highest BCUT2D eigenvalue weighted by Crippen LogP contribution is 2.52. The maximum absolute atomic E-state index is 13.5. The summed E-state index contributed by atoms with van der Waals surface area (Å²) in [6, 6.07) is 23.9. The molecule has 1 N–H and O–H groups in total. The monoisotopic (exact) mass is 453 g/mol. The Balaban J connectivity index is 1.53. The molecule has 6 rings (SSSR count). The van der Waals surface area contributed by atoms with Crippen LogP contribution in [0.3, 0.4) is 0 Å². The molecule has 1 aliphatic heterocycles. The fraction of sp³-hybridized carbons (Fsp3) is 0.207. The van der Waals surface area contributed by atoms with Crippen LogP contribution in [0.15, 0.2) is 82.8 Å². The van der Waals surface area contributed by atoms with Gasteiger partial charge < -0.3 is 9.73 Å². The highest BCUT2D eigenvalue weighted by molar-refractivity contribution is 6.30. The molecular weight excluding hydrogens is 430 g/mol. The Hall–Kier alpha value is -3.30. The van der Waals surface area contributed by atoms with Crippen molar-refractivity contribution in [3.05, 3.63) is 94.7 Å². The van der Waals surface area contributed by atoms with Crippen LogP contribution in [0.25, 0.3) is 27.7 Å². The van der Waals surface area contributed by atoms with Crippen LogP contribution in [0.1, 0.15) is 44.1 Å². The second kappa shape index (κ2) is 7.36. The number of anilines is 1. The Morgan fingerprint density at radius 2 is 1.82 bits per heavy atom. The Kier molecular flexibility index (Phi) is 4.53. The van der Waals surface area contributed by atoms with Gasteiger partial charge >= 0.3 is 0 Å². The number of furan rings is 1. The molecule has 2 aliphatic rings. The van der Waals surface area contributed by atoms with Gasteiger partial charge in [0.1, 0.15) is 17.6 Å². The Morgan fingerprint density at radius 1 is 0.970 bits per heavy atom. The number of hydrogen-bond donors (Lipinski definition) is 1. The number of benzene rings is 3. The highest BCUT2D eigenvalue weighted by atomic mass is 35.5. The van der Waals surface area contributed by atoms with Gasteiger partial charge in [0.05, 0.1) is 0 Å². The third-order valence-corrected chi connectivity index (χ3v) is 6.99. The van der Waals surface area contributed by atoms with Crippen LogP contribution in [0.4, 0.5) is 5.69 Å². The van der Waals surface area contributed by atoms with E-state index in [9.17, 15) is 4.79 Å². The van der Waals surface area contributed by atoms with E-state index in [1.54, 1.807) is 0 Å². The number of fused-ring (bicyclic) bond motifs is 4. The van der Waals surface area contributed by atoms with Crippen molar-refractivity contribution < 1.29 is 9.21 Å². The normalized spacial score (nSPS) is 19.2. The lowest BCUT2D eigenvalue weighted by Crippen LogP contribution is -2.33. The largest absolute Gasteiger partial charge is 0.459 e. The molecule has 1 atom stereocenters. The first-order chi connectivity index (χ1) is 15.9. The predicted molar refractivity (Wildman–Crippen MR) is 134 cm³/mol. The molecule has 164 valence electrons. The molecule has 0 bridgehead atoms. The zero-order chi connectivity index (χ0) is 22.7. The van der Waals surface area contributed by atoms with Gasteiger partial charge in [-0.1, -0.05) is 67.9 Å². The molecule has 3 aromatic carbocycles. The van der Waals surface area contributed by atoms with Crippen molar-refractivity contribution in [2.24, 2.45) is 5.41 Å². The van der Waals surface area contributed by atoms with E-state index in [2.05, 4.69) is 55.6 Å². The van der Waals surface area contributed by atoms with Gasteiger partial charge in [-0.3, -0.25) is 4.79 Å². The first kappa shape index (κ1) is 20.3. The summed E-state index contributed by atoms with van der Waals surface area (Å²) in [5, 5.41) is 6.66. The number of rotatable bonds is 2. The lowest BCUT2D eigenvalue weighted by Gasteiger charge is -2.39. The first-order valence-corrected chi connectivity index (χ1v) is 11.7. The van der Waals surface area contributed by atoms with Gasteiger partial charge in [-0.15, -0.1) is 0 Å². The molecule has 2 heterocycles. The quantitative estimate of drug-likeness (QED) is 0.333. The molecule has 0 saturated heterocycles. The fourth-order valence-electron chi connectivity index (χ4n) is 5.36. The molecular formula is C29H24ClNO2. The topological polar surface area (TPSA) is 42.2 Å². The molecule has 0 saturated carbocycles. The zero-order valence-corrected chi connectivity index (χ0v) is 19.4. The molecule has 4 heteroatoms. The van der Waals surface area contributed by atoms with Gasteiger partial charge in [-0.2, -0.15) is 0 Å². The van der Waals surface area contributed by atoms with Crippen molar-refractivity contribution in [3.63, 3.8) is 0 Å². The number of Topliss-reactive ketones (excluding diaryl/α,β-unsaturated/α-hetero) is 1. The molecule has 4 aromatic rings. The summed E-state index contributed by atoms with van der Waals surface area (Å²) in [5.74, 6) is 1.67. The number of nitrogens with one attached hydrogen (secondary N) is 1. The zero-order valence-electron chi connectivity index (χ0n) is 18.6. The smallest absolute Gasteiger partial charge is 0.162 e. The third kappa shape index (κ3) is 3.39. The number of hydrogen-bond acceptors (Lipinski definition) is 3. The molecule has 1 aromatic heterocycles. The molecule has 1 aliphatic carbocycles. The average molecular weight is 454 g/mol. The van der Waals surface area contributed by atoms with Crippen molar-refractivity contribution in [1.29, 1.82) is 0 Å². The fourth-order valence-corrected chi connectivity index (χ4v) is 5.55. The van der Waals surface area contributed by atoms with Gasteiger partial charge in [-0.05, 0) is 58.5 Å². The third-order valence-electron chi connectivity index (χ3n) is 6.76. The first-order valence-electron chi connectivity index (χ1n) is 11.3. The van der Waals surface area contributed by atoms with Crippen LogP contribution in [-0.2, 0) is 4.79 Å². The molecule has 0 radical (unpaired) electrons. The van der Waals surface area contributed by atoms with E-state index in [-0.39, 0.29) is 17.2 Å². The van der Waals surface area contributed by atoms with E-state index >= 15 is 0 Å². The van der Waals surface area contributed by atoms with E-state index in [0.29, 0.717) is 11.4 Å². The van der Waals surface area contributed by atoms with Crippen LogP contribution in [0.2, 0.25) is 5.02 Å². The Labute approximate surface area is 198 Å². The molecule has 0 unspecified atom stereocenters. The van der Waals surface area contributed by atoms with Gasteiger partial charge in [-0.25, -0.2) is 0 Å². The highest BCUT2D eigenvalue weighted by Gasteiger charge is 2.41. The summed E-state index contributed by atoms with van der Waals surface area (Å²) in [6.45, 7) is 4.36. The van der Waals surface area contributed by atoms with E-state index in [0.717, 1.165) is 45.9 Å². The summed E-state index contributed by atoms with van der Waals surface area (Å²) in [6.07, 6.45) is 1.39. The van der Waals surface area contributed by atoms with Crippen LogP contribution in [0.5, 0.6) is 0 Å². The standard InChI is InChI=1S/C29H24ClNO2/c1-29(2)15-21-26-20-9-4-3-6-17(20)10-11-22(26)31-28(27(21)23(32)16-29)25-13-12-24(33-25)18-7-5-8-19(30)14-18/h3-14,28,31H,15-16H2,1-2H3/t28-/m1/s1. The van der Waals surface area contributed by atoms with E-state index in [4.69, 9.17) is 16.0 Å². The second-order valence-corrected chi connectivity index (χ2v) is 10.3. The second-order valence-electron chi connectivity index (χ2n) is 9.83. The van der Waals surface area contributed by atoms with Crippen molar-refractivity contribution in [2.45, 2.75) is 32.7 Å². The van der Waals surface area contributed by atoms with Gasteiger partial charge in [0.2, 0.25) is 0 Å². The van der Waals surface area contributed by atoms with E-state index in [1.165, 1.54) is 10.8 Å². The summed E-state index contributed by atoms with van der Waals surface area (Å²) >= 11 is 6.18. The van der Waals surface area contributed by atoms with Crippen LogP contribution in [0, 0.1) is 5.41 Å². The Bertz CT molecular complexity index is 1460. The minimum Gasteiger partial charge on any atom is -0.459 e. The van der Waals surface area contributed by atoms with Gasteiger partial charge in [0.25, 0.3) is 0 Å². The van der Waals surface area contributed by atoms with Crippen molar-refractivity contribution in [2.75, 3.05) is 5.32 Å². The summed E-state index contributed by atoms with van der Waals surface area (Å²) in [7, 11) is 0. The molecule has 0 fully saturated rings. The number of halogens is 1. The SMILES string of the molecule is CC1(C)CC(=O)C2=C(C1)c1c(ccc3ccccc13)N[C@@H]2c1ccc(-c2cccc(Cl)c2)o1. The lowest BCUT2D eigenvalue weighted by atomic mass is 9.68. The maximum Gasteiger partial charge on any atom is 0.162 e. The number of allylic oxidation sites excluding steroid dienone is 1. The Morgan fingerprint density at radius 3 is 2.67 bits per heavy atom. The molecule has 33 heavy (non-hydrogen) atoms.